The molecule has 0 bridgehead atoms. The van der Waals surface area contributed by atoms with E-state index in [1.807, 2.05) is 25.1 Å². The molecule has 6 heteroatoms. The van der Waals surface area contributed by atoms with Crippen molar-refractivity contribution in [3.63, 3.8) is 0 Å². The summed E-state index contributed by atoms with van der Waals surface area (Å²) in [4.78, 5) is 11.2. The highest BCUT2D eigenvalue weighted by Crippen LogP contribution is 2.37. The molecule has 0 aliphatic rings. The summed E-state index contributed by atoms with van der Waals surface area (Å²) in [7, 11) is 1.60. The van der Waals surface area contributed by atoms with E-state index in [2.05, 4.69) is 21.2 Å². The number of hydrogen-bond acceptors (Lipinski definition) is 4. The number of benzene rings is 2. The Kier molecular flexibility index (Phi) is 6.09. The molecule has 2 aromatic rings. The number of hydrogen-bond donors (Lipinski definition) is 2. The molecule has 0 aliphatic carbocycles. The lowest BCUT2D eigenvalue weighted by Crippen LogP contribution is -2.06. The fraction of sp³-hybridized carbons (Fsp3) is 0.278. The number of aromatic carboxylic acids is 1. The van der Waals surface area contributed by atoms with Gasteiger partial charge in [0, 0.05) is 12.2 Å². The topological polar surface area (TPSA) is 67.8 Å². The summed E-state index contributed by atoms with van der Waals surface area (Å²) in [5.41, 5.74) is 2.79. The van der Waals surface area contributed by atoms with Gasteiger partial charge in [0.1, 0.15) is 0 Å². The molecule has 0 unspecified atom stereocenters. The lowest BCUT2D eigenvalue weighted by atomic mass is 10.1. The van der Waals surface area contributed by atoms with Crippen LogP contribution in [0.25, 0.3) is 0 Å². The van der Waals surface area contributed by atoms with E-state index in [1.54, 1.807) is 26.2 Å². The largest absolute Gasteiger partial charge is 0.493 e. The van der Waals surface area contributed by atoms with Gasteiger partial charge in [-0.15, -0.1) is 0 Å². The van der Waals surface area contributed by atoms with Crippen molar-refractivity contribution in [2.45, 2.75) is 20.4 Å². The van der Waals surface area contributed by atoms with Crippen LogP contribution in [-0.4, -0.2) is 24.8 Å². The number of anilines is 1. The third kappa shape index (κ3) is 4.00. The first-order valence-corrected chi connectivity index (χ1v) is 8.33. The number of ether oxygens (including phenoxy) is 2. The van der Waals surface area contributed by atoms with E-state index >= 15 is 0 Å². The van der Waals surface area contributed by atoms with Crippen LogP contribution in [0.3, 0.4) is 0 Å². The third-order valence-corrected chi connectivity index (χ3v) is 4.21. The normalized spacial score (nSPS) is 10.3. The van der Waals surface area contributed by atoms with Crippen LogP contribution >= 0.6 is 15.9 Å². The number of carbonyl (C=O) groups is 1. The smallest absolute Gasteiger partial charge is 0.336 e. The minimum Gasteiger partial charge on any atom is -0.493 e. The Morgan fingerprint density at radius 1 is 1.33 bits per heavy atom. The molecule has 0 aliphatic heterocycles. The Morgan fingerprint density at radius 2 is 2.08 bits per heavy atom. The molecule has 0 atom stereocenters. The van der Waals surface area contributed by atoms with Gasteiger partial charge < -0.3 is 19.9 Å². The molecule has 0 aromatic heterocycles. The van der Waals surface area contributed by atoms with Crippen molar-refractivity contribution in [1.82, 2.24) is 0 Å². The SMILES string of the molecule is CCOc1c(Br)cc(CNc2cccc(C(=O)O)c2C)cc1OC. The second-order valence-electron chi connectivity index (χ2n) is 5.18. The first kappa shape index (κ1) is 18.1. The van der Waals surface area contributed by atoms with Crippen LogP contribution in [0.15, 0.2) is 34.8 Å². The predicted octanol–water partition coefficient (Wildman–Crippen LogP) is 4.48. The van der Waals surface area contributed by atoms with Crippen LogP contribution in [0.2, 0.25) is 0 Å². The summed E-state index contributed by atoms with van der Waals surface area (Å²) in [6.07, 6.45) is 0. The summed E-state index contributed by atoms with van der Waals surface area (Å²) in [5.74, 6) is 0.397. The lowest BCUT2D eigenvalue weighted by molar-refractivity contribution is 0.0696. The Labute approximate surface area is 149 Å². The second-order valence-corrected chi connectivity index (χ2v) is 6.03. The zero-order chi connectivity index (χ0) is 17.7. The van der Waals surface area contributed by atoms with Gasteiger partial charge in [-0.05, 0) is 65.2 Å². The molecule has 24 heavy (non-hydrogen) atoms. The molecule has 0 radical (unpaired) electrons. The Balaban J connectivity index is 2.22. The highest BCUT2D eigenvalue weighted by molar-refractivity contribution is 9.10. The average Bonchev–Trinajstić information content (AvgIpc) is 2.55. The van der Waals surface area contributed by atoms with Gasteiger partial charge in [-0.25, -0.2) is 4.79 Å². The molecule has 0 amide bonds. The van der Waals surface area contributed by atoms with Gasteiger partial charge in [-0.3, -0.25) is 0 Å². The average molecular weight is 394 g/mol. The molecule has 0 heterocycles. The molecule has 0 saturated heterocycles. The summed E-state index contributed by atoms with van der Waals surface area (Å²) >= 11 is 3.50. The maximum Gasteiger partial charge on any atom is 0.336 e. The third-order valence-electron chi connectivity index (χ3n) is 3.63. The van der Waals surface area contributed by atoms with E-state index < -0.39 is 5.97 Å². The molecule has 2 aromatic carbocycles. The number of halogens is 1. The van der Waals surface area contributed by atoms with E-state index in [9.17, 15) is 9.90 Å². The standard InChI is InChI=1S/C18H20BrNO4/c1-4-24-17-14(19)8-12(9-16(17)23-3)10-20-15-7-5-6-13(11(15)2)18(21)22/h5-9,20H,4,10H2,1-3H3,(H,21,22). The molecule has 0 saturated carbocycles. The number of nitrogens with one attached hydrogen (secondary N) is 1. The number of methoxy groups -OCH3 is 1. The molecule has 2 rings (SSSR count). The minimum atomic E-state index is -0.929. The van der Waals surface area contributed by atoms with E-state index in [0.29, 0.717) is 35.8 Å². The van der Waals surface area contributed by atoms with Crippen LogP contribution in [0.5, 0.6) is 11.5 Å². The van der Waals surface area contributed by atoms with Crippen molar-refractivity contribution >= 4 is 27.6 Å². The fourth-order valence-electron chi connectivity index (χ4n) is 2.42. The molecule has 0 fully saturated rings. The molecular formula is C18H20BrNO4. The van der Waals surface area contributed by atoms with Gasteiger partial charge in [0.15, 0.2) is 11.5 Å². The van der Waals surface area contributed by atoms with Crippen LogP contribution in [0.1, 0.15) is 28.4 Å². The van der Waals surface area contributed by atoms with Crippen molar-refractivity contribution < 1.29 is 19.4 Å². The Morgan fingerprint density at radius 3 is 2.71 bits per heavy atom. The zero-order valence-corrected chi connectivity index (χ0v) is 15.4. The van der Waals surface area contributed by atoms with Crippen molar-refractivity contribution in [3.05, 3.63) is 51.5 Å². The maximum absolute atomic E-state index is 11.2. The molecule has 5 nitrogen and oxygen atoms in total. The van der Waals surface area contributed by atoms with Gasteiger partial charge in [-0.2, -0.15) is 0 Å². The van der Waals surface area contributed by atoms with Crippen molar-refractivity contribution in [3.8, 4) is 11.5 Å². The van der Waals surface area contributed by atoms with E-state index in [4.69, 9.17) is 9.47 Å². The predicted molar refractivity (Wildman–Crippen MR) is 97.3 cm³/mol. The van der Waals surface area contributed by atoms with Gasteiger partial charge in [0.25, 0.3) is 0 Å². The van der Waals surface area contributed by atoms with Crippen molar-refractivity contribution in [1.29, 1.82) is 0 Å². The zero-order valence-electron chi connectivity index (χ0n) is 13.9. The molecule has 0 spiro atoms. The first-order valence-electron chi connectivity index (χ1n) is 7.53. The number of carboxylic acid groups (broad SMARTS) is 1. The summed E-state index contributed by atoms with van der Waals surface area (Å²) in [6.45, 7) is 4.79. The van der Waals surface area contributed by atoms with E-state index in [0.717, 1.165) is 15.7 Å². The minimum absolute atomic E-state index is 0.297. The van der Waals surface area contributed by atoms with Crippen LogP contribution < -0.4 is 14.8 Å². The van der Waals surface area contributed by atoms with E-state index in [1.165, 1.54) is 0 Å². The van der Waals surface area contributed by atoms with Crippen molar-refractivity contribution in [2.24, 2.45) is 0 Å². The summed E-state index contributed by atoms with van der Waals surface area (Å²) in [6, 6.07) is 9.05. The van der Waals surface area contributed by atoms with Gasteiger partial charge >= 0.3 is 5.97 Å². The number of rotatable bonds is 7. The molecular weight excluding hydrogens is 374 g/mol. The van der Waals surface area contributed by atoms with Gasteiger partial charge in [0.05, 0.1) is 23.8 Å². The highest BCUT2D eigenvalue weighted by atomic mass is 79.9. The van der Waals surface area contributed by atoms with Crippen LogP contribution in [-0.2, 0) is 6.54 Å². The van der Waals surface area contributed by atoms with Gasteiger partial charge in [0.2, 0.25) is 0 Å². The Bertz CT molecular complexity index is 746. The van der Waals surface area contributed by atoms with Crippen LogP contribution in [0, 0.1) is 6.92 Å². The number of carboxylic acids is 1. The summed E-state index contributed by atoms with van der Waals surface area (Å²) < 4.78 is 11.8. The lowest BCUT2D eigenvalue weighted by Gasteiger charge is -2.15. The maximum atomic E-state index is 11.2. The van der Waals surface area contributed by atoms with Crippen molar-refractivity contribution in [2.75, 3.05) is 19.0 Å². The fourth-order valence-corrected chi connectivity index (χ4v) is 3.02. The molecule has 2 N–H and O–H groups in total. The Hall–Kier alpha value is -2.21. The van der Waals surface area contributed by atoms with Gasteiger partial charge in [-0.1, -0.05) is 6.07 Å². The van der Waals surface area contributed by atoms with Crippen LogP contribution in [0.4, 0.5) is 5.69 Å². The second kappa shape index (κ2) is 8.06. The highest BCUT2D eigenvalue weighted by Gasteiger charge is 2.13. The monoisotopic (exact) mass is 393 g/mol. The molecule has 128 valence electrons. The van der Waals surface area contributed by atoms with E-state index in [-0.39, 0.29) is 0 Å². The quantitative estimate of drug-likeness (QED) is 0.725. The summed E-state index contributed by atoms with van der Waals surface area (Å²) in [5, 5.41) is 12.5. The first-order chi connectivity index (χ1) is 11.5.